The average Bonchev–Trinajstić information content (AvgIpc) is 3.17. The van der Waals surface area contributed by atoms with Gasteiger partial charge < -0.3 is 14.0 Å². The van der Waals surface area contributed by atoms with E-state index in [4.69, 9.17) is 4.52 Å². The number of fused-ring (bicyclic) bond motifs is 1. The Labute approximate surface area is 158 Å². The molecular weight excluding hydrogens is 342 g/mol. The van der Waals surface area contributed by atoms with Gasteiger partial charge in [0, 0.05) is 51.3 Å². The van der Waals surface area contributed by atoms with Gasteiger partial charge in [-0.3, -0.25) is 9.69 Å². The van der Waals surface area contributed by atoms with Crippen molar-refractivity contribution in [1.82, 2.24) is 19.6 Å². The van der Waals surface area contributed by atoms with Gasteiger partial charge in [0.15, 0.2) is 0 Å². The van der Waals surface area contributed by atoms with E-state index >= 15 is 0 Å². The van der Waals surface area contributed by atoms with Crippen LogP contribution < -0.4 is 10.5 Å². The molecule has 0 saturated carbocycles. The van der Waals surface area contributed by atoms with Gasteiger partial charge in [-0.15, -0.1) is 0 Å². The molecule has 2 aromatic heterocycles. The minimum Gasteiger partial charge on any atom is -0.337 e. The van der Waals surface area contributed by atoms with Crippen LogP contribution in [0.25, 0.3) is 10.9 Å². The zero-order valence-corrected chi connectivity index (χ0v) is 16.1. The fourth-order valence-electron chi connectivity index (χ4n) is 3.54. The molecule has 1 fully saturated rings. The van der Waals surface area contributed by atoms with Crippen LogP contribution in [-0.2, 0) is 13.6 Å². The van der Waals surface area contributed by atoms with Crippen molar-refractivity contribution >= 4 is 16.9 Å². The third-order valence-electron chi connectivity index (χ3n) is 5.18. The Morgan fingerprint density at radius 2 is 1.89 bits per heavy atom. The second-order valence-corrected chi connectivity index (χ2v) is 7.44. The van der Waals surface area contributed by atoms with Gasteiger partial charge in [0.25, 0.3) is 11.5 Å². The number of piperazine rings is 1. The van der Waals surface area contributed by atoms with Crippen LogP contribution in [0.2, 0.25) is 0 Å². The summed E-state index contributed by atoms with van der Waals surface area (Å²) in [5, 5.41) is 5.20. The van der Waals surface area contributed by atoms with Crippen molar-refractivity contribution in [2.45, 2.75) is 26.3 Å². The maximum absolute atomic E-state index is 12.7. The first kappa shape index (κ1) is 17.7. The molecule has 0 N–H and O–H groups in total. The van der Waals surface area contributed by atoms with Crippen molar-refractivity contribution in [2.24, 2.45) is 7.05 Å². The number of hydrogen-bond acceptors (Lipinski definition) is 6. The Hall–Kier alpha value is -2.67. The van der Waals surface area contributed by atoms with Crippen LogP contribution >= 0.6 is 0 Å². The summed E-state index contributed by atoms with van der Waals surface area (Å²) in [6.07, 6.45) is 0. The zero-order valence-electron chi connectivity index (χ0n) is 16.1. The fourth-order valence-corrected chi connectivity index (χ4v) is 3.54. The lowest BCUT2D eigenvalue weighted by Crippen LogP contribution is -2.47. The maximum Gasteiger partial charge on any atom is 0.266 e. The number of aryl methyl sites for hydroxylation is 1. The second-order valence-electron chi connectivity index (χ2n) is 7.44. The first-order chi connectivity index (χ1) is 13.0. The van der Waals surface area contributed by atoms with Crippen LogP contribution in [0.3, 0.4) is 0 Å². The zero-order chi connectivity index (χ0) is 19.0. The van der Waals surface area contributed by atoms with E-state index in [2.05, 4.69) is 26.0 Å². The fraction of sp³-hybridized carbons (Fsp3) is 0.450. The quantitative estimate of drug-likeness (QED) is 0.705. The summed E-state index contributed by atoms with van der Waals surface area (Å²) in [7, 11) is 1.84. The first-order valence-electron chi connectivity index (χ1n) is 9.41. The van der Waals surface area contributed by atoms with Crippen molar-refractivity contribution in [3.05, 3.63) is 52.1 Å². The van der Waals surface area contributed by atoms with Gasteiger partial charge in [-0.1, -0.05) is 32.0 Å². The van der Waals surface area contributed by atoms with E-state index in [1.54, 1.807) is 4.57 Å². The highest BCUT2D eigenvalue weighted by atomic mass is 16.5. The molecule has 0 atom stereocenters. The lowest BCUT2D eigenvalue weighted by molar-refractivity contribution is 0.246. The van der Waals surface area contributed by atoms with Gasteiger partial charge in [0.05, 0.1) is 5.52 Å². The van der Waals surface area contributed by atoms with E-state index in [1.165, 1.54) is 0 Å². The normalized spacial score (nSPS) is 15.8. The van der Waals surface area contributed by atoms with E-state index in [0.29, 0.717) is 18.4 Å². The van der Waals surface area contributed by atoms with Gasteiger partial charge in [-0.05, 0) is 22.7 Å². The lowest BCUT2D eigenvalue weighted by Gasteiger charge is -2.33. The molecule has 1 saturated heterocycles. The molecule has 0 spiro atoms. The standard InChI is InChI=1S/C20H25N5O2/c1-14(2)18-21-20(22-27-18)25-10-8-24(9-11-25)13-16-12-15-6-4-5-7-17(15)23(3)19(16)26/h4-7,12,14H,8-11,13H2,1-3H3. The Bertz CT molecular complexity index is 999. The van der Waals surface area contributed by atoms with Crippen LogP contribution in [-0.4, -0.2) is 45.8 Å². The molecule has 0 amide bonds. The van der Waals surface area contributed by atoms with Gasteiger partial charge in [0.1, 0.15) is 0 Å². The molecule has 1 aliphatic rings. The Balaban J connectivity index is 1.45. The van der Waals surface area contributed by atoms with E-state index < -0.39 is 0 Å². The molecular formula is C20H25N5O2. The average molecular weight is 367 g/mol. The van der Waals surface area contributed by atoms with Crippen molar-refractivity contribution in [3.8, 4) is 0 Å². The molecule has 3 aromatic rings. The number of nitrogens with zero attached hydrogens (tertiary/aromatic N) is 5. The van der Waals surface area contributed by atoms with Gasteiger partial charge in [-0.25, -0.2) is 0 Å². The molecule has 0 radical (unpaired) electrons. The Morgan fingerprint density at radius 3 is 2.59 bits per heavy atom. The van der Waals surface area contributed by atoms with E-state index in [-0.39, 0.29) is 11.5 Å². The van der Waals surface area contributed by atoms with Crippen molar-refractivity contribution in [3.63, 3.8) is 0 Å². The van der Waals surface area contributed by atoms with Crippen LogP contribution in [0.1, 0.15) is 31.2 Å². The number of anilines is 1. The van der Waals surface area contributed by atoms with Crippen molar-refractivity contribution < 1.29 is 4.52 Å². The maximum atomic E-state index is 12.7. The van der Waals surface area contributed by atoms with E-state index in [0.717, 1.165) is 42.6 Å². The number of pyridine rings is 1. The molecule has 4 rings (SSSR count). The highest BCUT2D eigenvalue weighted by Gasteiger charge is 2.22. The molecule has 27 heavy (non-hydrogen) atoms. The molecule has 0 bridgehead atoms. The third-order valence-corrected chi connectivity index (χ3v) is 5.18. The predicted octanol–water partition coefficient (Wildman–Crippen LogP) is 2.37. The number of benzene rings is 1. The predicted molar refractivity (Wildman–Crippen MR) is 105 cm³/mol. The summed E-state index contributed by atoms with van der Waals surface area (Å²) in [6, 6.07) is 10.0. The molecule has 142 valence electrons. The molecule has 0 unspecified atom stereocenters. The molecule has 1 aliphatic heterocycles. The molecule has 0 aliphatic carbocycles. The summed E-state index contributed by atoms with van der Waals surface area (Å²) >= 11 is 0. The second kappa shape index (κ2) is 7.15. The highest BCUT2D eigenvalue weighted by molar-refractivity contribution is 5.79. The smallest absolute Gasteiger partial charge is 0.266 e. The number of para-hydroxylation sites is 1. The van der Waals surface area contributed by atoms with E-state index in [9.17, 15) is 4.79 Å². The minimum atomic E-state index is 0.0795. The minimum absolute atomic E-state index is 0.0795. The lowest BCUT2D eigenvalue weighted by atomic mass is 10.1. The van der Waals surface area contributed by atoms with Gasteiger partial charge in [-0.2, -0.15) is 4.98 Å². The monoisotopic (exact) mass is 367 g/mol. The van der Waals surface area contributed by atoms with Crippen molar-refractivity contribution in [1.29, 1.82) is 0 Å². The first-order valence-corrected chi connectivity index (χ1v) is 9.41. The van der Waals surface area contributed by atoms with Crippen LogP contribution in [0.5, 0.6) is 0 Å². The van der Waals surface area contributed by atoms with Gasteiger partial charge in [0.2, 0.25) is 5.89 Å². The van der Waals surface area contributed by atoms with Crippen molar-refractivity contribution in [2.75, 3.05) is 31.1 Å². The van der Waals surface area contributed by atoms with E-state index in [1.807, 2.05) is 45.2 Å². The molecule has 7 nitrogen and oxygen atoms in total. The largest absolute Gasteiger partial charge is 0.337 e. The summed E-state index contributed by atoms with van der Waals surface area (Å²) < 4.78 is 7.05. The molecule has 3 heterocycles. The summed E-state index contributed by atoms with van der Waals surface area (Å²) in [5.41, 5.74) is 1.89. The summed E-state index contributed by atoms with van der Waals surface area (Å²) in [6.45, 7) is 8.12. The summed E-state index contributed by atoms with van der Waals surface area (Å²) in [4.78, 5) is 21.6. The van der Waals surface area contributed by atoms with Crippen LogP contribution in [0, 0.1) is 0 Å². The number of rotatable bonds is 4. The highest BCUT2D eigenvalue weighted by Crippen LogP contribution is 2.18. The van der Waals surface area contributed by atoms with Crippen LogP contribution in [0.15, 0.2) is 39.6 Å². The Morgan fingerprint density at radius 1 is 1.15 bits per heavy atom. The topological polar surface area (TPSA) is 67.4 Å². The third kappa shape index (κ3) is 3.47. The Kier molecular flexibility index (Phi) is 4.70. The number of aromatic nitrogens is 3. The summed E-state index contributed by atoms with van der Waals surface area (Å²) in [5.74, 6) is 1.57. The number of hydrogen-bond donors (Lipinski definition) is 0. The SMILES string of the molecule is CC(C)c1nc(N2CCN(Cc3cc4ccccc4n(C)c3=O)CC2)no1. The van der Waals surface area contributed by atoms with Gasteiger partial charge >= 0.3 is 0 Å². The molecule has 1 aromatic carbocycles. The molecule has 7 heteroatoms. The van der Waals surface area contributed by atoms with Crippen LogP contribution in [0.4, 0.5) is 5.95 Å².